The second kappa shape index (κ2) is 8.23. The van der Waals surface area contributed by atoms with Crippen molar-refractivity contribution in [3.63, 3.8) is 0 Å². The molecule has 3 rings (SSSR count). The summed E-state index contributed by atoms with van der Waals surface area (Å²) in [5.41, 5.74) is 3.42. The zero-order valence-corrected chi connectivity index (χ0v) is 14.9. The molecule has 6 heteroatoms. The molecule has 1 fully saturated rings. The van der Waals surface area contributed by atoms with Crippen LogP contribution < -0.4 is 10.2 Å². The quantitative estimate of drug-likeness (QED) is 0.826. The van der Waals surface area contributed by atoms with Crippen LogP contribution in [0.3, 0.4) is 0 Å². The van der Waals surface area contributed by atoms with Gasteiger partial charge in [-0.25, -0.2) is 4.79 Å². The first-order chi connectivity index (χ1) is 12.2. The van der Waals surface area contributed by atoms with E-state index in [-0.39, 0.29) is 5.97 Å². The molecule has 0 unspecified atom stereocenters. The van der Waals surface area contributed by atoms with Crippen LogP contribution in [0.4, 0.5) is 11.4 Å². The molecule has 0 spiro atoms. The molecular formula is C19H21ClN2O3. The summed E-state index contributed by atoms with van der Waals surface area (Å²) < 4.78 is 10.3. The molecule has 2 aromatic rings. The third-order valence-corrected chi connectivity index (χ3v) is 4.42. The first-order valence-electron chi connectivity index (χ1n) is 8.21. The topological polar surface area (TPSA) is 50.8 Å². The van der Waals surface area contributed by atoms with Gasteiger partial charge in [-0.3, -0.25) is 0 Å². The van der Waals surface area contributed by atoms with E-state index in [1.165, 1.54) is 7.11 Å². The van der Waals surface area contributed by atoms with Crippen molar-refractivity contribution in [1.82, 2.24) is 0 Å². The molecule has 0 radical (unpaired) electrons. The summed E-state index contributed by atoms with van der Waals surface area (Å²) in [7, 11) is 1.40. The van der Waals surface area contributed by atoms with E-state index in [2.05, 4.69) is 10.2 Å². The SMILES string of the molecule is COC(=O)c1cc(NCc2ccc(Cl)cc2)ccc1N1CCOCC1. The van der Waals surface area contributed by atoms with Crippen LogP contribution in [-0.4, -0.2) is 39.4 Å². The number of hydrogen-bond donors (Lipinski definition) is 1. The highest BCUT2D eigenvalue weighted by Crippen LogP contribution is 2.26. The molecule has 0 aliphatic carbocycles. The number of carbonyl (C=O) groups excluding carboxylic acids is 1. The first kappa shape index (κ1) is 17.6. The monoisotopic (exact) mass is 360 g/mol. The number of esters is 1. The molecule has 1 N–H and O–H groups in total. The van der Waals surface area contributed by atoms with E-state index < -0.39 is 0 Å². The van der Waals surface area contributed by atoms with Gasteiger partial charge in [0, 0.05) is 30.3 Å². The number of nitrogens with zero attached hydrogens (tertiary/aromatic N) is 1. The Bertz CT molecular complexity index is 728. The number of anilines is 2. The Labute approximate surface area is 152 Å². The van der Waals surface area contributed by atoms with Crippen LogP contribution in [-0.2, 0) is 16.0 Å². The van der Waals surface area contributed by atoms with Gasteiger partial charge in [0.2, 0.25) is 0 Å². The van der Waals surface area contributed by atoms with E-state index in [0.717, 1.165) is 30.0 Å². The zero-order valence-electron chi connectivity index (χ0n) is 14.1. The van der Waals surface area contributed by atoms with Gasteiger partial charge >= 0.3 is 5.97 Å². The van der Waals surface area contributed by atoms with Crippen LogP contribution >= 0.6 is 11.6 Å². The highest BCUT2D eigenvalue weighted by Gasteiger charge is 2.19. The van der Waals surface area contributed by atoms with Crippen LogP contribution in [0.25, 0.3) is 0 Å². The van der Waals surface area contributed by atoms with Gasteiger partial charge in [0.25, 0.3) is 0 Å². The van der Waals surface area contributed by atoms with E-state index in [1.807, 2.05) is 42.5 Å². The summed E-state index contributed by atoms with van der Waals surface area (Å²) in [6.45, 7) is 3.51. The summed E-state index contributed by atoms with van der Waals surface area (Å²) in [6.07, 6.45) is 0. The van der Waals surface area contributed by atoms with E-state index >= 15 is 0 Å². The van der Waals surface area contributed by atoms with E-state index in [1.54, 1.807) is 0 Å². The van der Waals surface area contributed by atoms with Crippen LogP contribution in [0.15, 0.2) is 42.5 Å². The first-order valence-corrected chi connectivity index (χ1v) is 8.58. The largest absolute Gasteiger partial charge is 0.465 e. The number of rotatable bonds is 5. The number of methoxy groups -OCH3 is 1. The lowest BCUT2D eigenvalue weighted by molar-refractivity contribution is 0.0600. The predicted octanol–water partition coefficient (Wildman–Crippen LogP) is 3.58. The average Bonchev–Trinajstić information content (AvgIpc) is 2.67. The molecule has 1 heterocycles. The molecule has 0 amide bonds. The molecule has 0 atom stereocenters. The normalized spacial score (nSPS) is 14.2. The molecule has 0 bridgehead atoms. The third-order valence-electron chi connectivity index (χ3n) is 4.16. The Morgan fingerprint density at radius 2 is 1.92 bits per heavy atom. The maximum Gasteiger partial charge on any atom is 0.340 e. The van der Waals surface area contributed by atoms with Gasteiger partial charge in [0.15, 0.2) is 0 Å². The van der Waals surface area contributed by atoms with Crippen molar-refractivity contribution in [2.75, 3.05) is 43.6 Å². The fraction of sp³-hybridized carbons (Fsp3) is 0.316. The lowest BCUT2D eigenvalue weighted by Gasteiger charge is -2.30. The van der Waals surface area contributed by atoms with Gasteiger partial charge in [0.1, 0.15) is 0 Å². The maximum absolute atomic E-state index is 12.2. The van der Waals surface area contributed by atoms with Crippen molar-refractivity contribution in [2.24, 2.45) is 0 Å². The molecule has 25 heavy (non-hydrogen) atoms. The zero-order chi connectivity index (χ0) is 17.6. The number of halogens is 1. The van der Waals surface area contributed by atoms with E-state index in [9.17, 15) is 4.79 Å². The Morgan fingerprint density at radius 1 is 1.20 bits per heavy atom. The predicted molar refractivity (Wildman–Crippen MR) is 99.6 cm³/mol. The summed E-state index contributed by atoms with van der Waals surface area (Å²) in [5.74, 6) is -0.336. The number of nitrogens with one attached hydrogen (secondary N) is 1. The fourth-order valence-electron chi connectivity index (χ4n) is 2.81. The van der Waals surface area contributed by atoms with Gasteiger partial charge < -0.3 is 19.7 Å². The van der Waals surface area contributed by atoms with Crippen molar-refractivity contribution in [3.05, 3.63) is 58.6 Å². The molecule has 132 valence electrons. The molecular weight excluding hydrogens is 340 g/mol. The molecule has 5 nitrogen and oxygen atoms in total. The molecule has 0 aromatic heterocycles. The minimum absolute atomic E-state index is 0.336. The summed E-state index contributed by atoms with van der Waals surface area (Å²) in [4.78, 5) is 14.4. The highest BCUT2D eigenvalue weighted by atomic mass is 35.5. The van der Waals surface area contributed by atoms with E-state index in [4.69, 9.17) is 21.1 Å². The van der Waals surface area contributed by atoms with Gasteiger partial charge in [-0.2, -0.15) is 0 Å². The van der Waals surface area contributed by atoms with Crippen LogP contribution in [0.1, 0.15) is 15.9 Å². The molecule has 1 saturated heterocycles. The lowest BCUT2D eigenvalue weighted by Crippen LogP contribution is -2.37. The second-order valence-corrected chi connectivity index (χ2v) is 6.24. The Kier molecular flexibility index (Phi) is 5.79. The van der Waals surface area contributed by atoms with Gasteiger partial charge in [-0.1, -0.05) is 23.7 Å². The van der Waals surface area contributed by atoms with Crippen LogP contribution in [0.2, 0.25) is 5.02 Å². The number of carbonyl (C=O) groups is 1. The van der Waals surface area contributed by atoms with Gasteiger partial charge in [-0.15, -0.1) is 0 Å². The standard InChI is InChI=1S/C19H21ClN2O3/c1-24-19(23)17-12-16(21-13-14-2-4-15(20)5-3-14)6-7-18(17)22-8-10-25-11-9-22/h2-7,12,21H,8-11,13H2,1H3. The van der Waals surface area contributed by atoms with Gasteiger partial charge in [0.05, 0.1) is 31.6 Å². The van der Waals surface area contributed by atoms with Crippen molar-refractivity contribution in [3.8, 4) is 0 Å². The Hall–Kier alpha value is -2.24. The molecule has 1 aliphatic rings. The number of hydrogen-bond acceptors (Lipinski definition) is 5. The number of ether oxygens (including phenoxy) is 2. The number of morpholine rings is 1. The fourth-order valence-corrected chi connectivity index (χ4v) is 2.93. The second-order valence-electron chi connectivity index (χ2n) is 5.80. The third kappa shape index (κ3) is 4.44. The minimum Gasteiger partial charge on any atom is -0.465 e. The summed E-state index contributed by atoms with van der Waals surface area (Å²) in [6, 6.07) is 13.4. The van der Waals surface area contributed by atoms with Crippen molar-refractivity contribution >= 4 is 28.9 Å². The van der Waals surface area contributed by atoms with E-state index in [0.29, 0.717) is 30.3 Å². The smallest absolute Gasteiger partial charge is 0.340 e. The van der Waals surface area contributed by atoms with Crippen LogP contribution in [0.5, 0.6) is 0 Å². The number of benzene rings is 2. The van der Waals surface area contributed by atoms with Crippen molar-refractivity contribution in [2.45, 2.75) is 6.54 Å². The minimum atomic E-state index is -0.336. The molecule has 1 aliphatic heterocycles. The van der Waals surface area contributed by atoms with Crippen molar-refractivity contribution in [1.29, 1.82) is 0 Å². The van der Waals surface area contributed by atoms with Gasteiger partial charge in [-0.05, 0) is 35.9 Å². The Morgan fingerprint density at radius 3 is 2.60 bits per heavy atom. The molecule has 2 aromatic carbocycles. The highest BCUT2D eigenvalue weighted by molar-refractivity contribution is 6.30. The summed E-state index contributed by atoms with van der Waals surface area (Å²) in [5, 5.41) is 4.05. The maximum atomic E-state index is 12.2. The Balaban J connectivity index is 1.78. The average molecular weight is 361 g/mol. The van der Waals surface area contributed by atoms with Crippen LogP contribution in [0, 0.1) is 0 Å². The van der Waals surface area contributed by atoms with Crippen molar-refractivity contribution < 1.29 is 14.3 Å². The summed E-state index contributed by atoms with van der Waals surface area (Å²) >= 11 is 5.91. The molecule has 0 saturated carbocycles. The lowest BCUT2D eigenvalue weighted by atomic mass is 10.1.